The number of hydrogen-bond acceptors (Lipinski definition) is 3. The van der Waals surface area contributed by atoms with E-state index in [0.29, 0.717) is 18.9 Å². The van der Waals surface area contributed by atoms with Crippen molar-refractivity contribution in [2.24, 2.45) is 5.92 Å². The van der Waals surface area contributed by atoms with Crippen LogP contribution in [-0.4, -0.2) is 24.0 Å². The average Bonchev–Trinajstić information content (AvgIpc) is 2.62. The summed E-state index contributed by atoms with van der Waals surface area (Å²) < 4.78 is 0. The third-order valence-corrected chi connectivity index (χ3v) is 5.18. The quantitative estimate of drug-likeness (QED) is 0.902. The van der Waals surface area contributed by atoms with E-state index in [-0.39, 0.29) is 5.91 Å². The van der Waals surface area contributed by atoms with Gasteiger partial charge in [-0.2, -0.15) is 0 Å². The SMILES string of the molecule is O=C(CC1CCCCC1)NCc1ccc(N2CCCCC2)nc1. The topological polar surface area (TPSA) is 45.2 Å². The number of amides is 1. The van der Waals surface area contributed by atoms with Crippen LogP contribution in [0, 0.1) is 5.92 Å². The fraction of sp³-hybridized carbons (Fsp3) is 0.684. The van der Waals surface area contributed by atoms with Crippen molar-refractivity contribution in [3.63, 3.8) is 0 Å². The first-order chi connectivity index (χ1) is 11.3. The number of nitrogens with one attached hydrogen (secondary N) is 1. The van der Waals surface area contributed by atoms with E-state index in [0.717, 1.165) is 24.5 Å². The van der Waals surface area contributed by atoms with Gasteiger partial charge in [0.25, 0.3) is 0 Å². The smallest absolute Gasteiger partial charge is 0.220 e. The van der Waals surface area contributed by atoms with Crippen molar-refractivity contribution in [2.45, 2.75) is 64.3 Å². The number of rotatable bonds is 5. The number of pyridine rings is 1. The number of anilines is 1. The van der Waals surface area contributed by atoms with E-state index in [2.05, 4.69) is 27.3 Å². The molecule has 1 N–H and O–H groups in total. The molecule has 2 heterocycles. The van der Waals surface area contributed by atoms with Crippen LogP contribution in [0.15, 0.2) is 18.3 Å². The van der Waals surface area contributed by atoms with Crippen molar-refractivity contribution in [1.29, 1.82) is 0 Å². The van der Waals surface area contributed by atoms with Gasteiger partial charge in [-0.1, -0.05) is 25.3 Å². The lowest BCUT2D eigenvalue weighted by Crippen LogP contribution is -2.30. The minimum atomic E-state index is 0.192. The highest BCUT2D eigenvalue weighted by molar-refractivity contribution is 5.76. The van der Waals surface area contributed by atoms with Crippen LogP contribution in [0.5, 0.6) is 0 Å². The molecular weight excluding hydrogens is 286 g/mol. The molecule has 0 aromatic carbocycles. The normalized spacial score (nSPS) is 19.6. The summed E-state index contributed by atoms with van der Waals surface area (Å²) in [6.07, 6.45) is 12.8. The Bertz CT molecular complexity index is 488. The molecule has 23 heavy (non-hydrogen) atoms. The van der Waals surface area contributed by atoms with Crippen LogP contribution in [-0.2, 0) is 11.3 Å². The first-order valence-corrected chi connectivity index (χ1v) is 9.28. The van der Waals surface area contributed by atoms with E-state index in [9.17, 15) is 4.79 Å². The minimum Gasteiger partial charge on any atom is -0.357 e. The van der Waals surface area contributed by atoms with Gasteiger partial charge in [0.05, 0.1) is 0 Å². The predicted octanol–water partition coefficient (Wildman–Crippen LogP) is 3.66. The zero-order chi connectivity index (χ0) is 15.9. The molecule has 1 amide bonds. The Kier molecular flexibility index (Phi) is 5.89. The van der Waals surface area contributed by atoms with E-state index in [4.69, 9.17) is 0 Å². The monoisotopic (exact) mass is 315 g/mol. The van der Waals surface area contributed by atoms with Gasteiger partial charge >= 0.3 is 0 Å². The largest absolute Gasteiger partial charge is 0.357 e. The second-order valence-electron chi connectivity index (χ2n) is 7.06. The fourth-order valence-electron chi connectivity index (χ4n) is 3.76. The van der Waals surface area contributed by atoms with E-state index in [1.165, 1.54) is 51.4 Å². The van der Waals surface area contributed by atoms with Gasteiger partial charge in [0, 0.05) is 32.3 Å². The maximum absolute atomic E-state index is 12.1. The van der Waals surface area contributed by atoms with Crippen molar-refractivity contribution in [3.05, 3.63) is 23.9 Å². The molecule has 0 radical (unpaired) electrons. The second-order valence-corrected chi connectivity index (χ2v) is 7.06. The number of piperidine rings is 1. The molecule has 1 aromatic rings. The van der Waals surface area contributed by atoms with Gasteiger partial charge in [-0.05, 0) is 49.7 Å². The fourth-order valence-corrected chi connectivity index (χ4v) is 3.76. The van der Waals surface area contributed by atoms with Crippen molar-refractivity contribution >= 4 is 11.7 Å². The molecule has 3 rings (SSSR count). The lowest BCUT2D eigenvalue weighted by atomic mass is 9.87. The number of carbonyl (C=O) groups is 1. The third kappa shape index (κ3) is 4.95. The molecule has 2 fully saturated rings. The van der Waals surface area contributed by atoms with Crippen molar-refractivity contribution in [2.75, 3.05) is 18.0 Å². The number of aromatic nitrogens is 1. The summed E-state index contributed by atoms with van der Waals surface area (Å²) in [4.78, 5) is 19.0. The number of nitrogens with zero attached hydrogens (tertiary/aromatic N) is 2. The molecule has 0 atom stereocenters. The van der Waals surface area contributed by atoms with E-state index in [1.807, 2.05) is 6.20 Å². The van der Waals surface area contributed by atoms with Gasteiger partial charge in [0.2, 0.25) is 5.91 Å². The molecule has 1 saturated carbocycles. The molecule has 0 spiro atoms. The van der Waals surface area contributed by atoms with Crippen LogP contribution in [0.3, 0.4) is 0 Å². The molecule has 1 aliphatic heterocycles. The first kappa shape index (κ1) is 16.3. The molecule has 1 aliphatic carbocycles. The summed E-state index contributed by atoms with van der Waals surface area (Å²) >= 11 is 0. The van der Waals surface area contributed by atoms with E-state index >= 15 is 0 Å². The third-order valence-electron chi connectivity index (χ3n) is 5.18. The van der Waals surface area contributed by atoms with Crippen LogP contribution in [0.25, 0.3) is 0 Å². The highest BCUT2D eigenvalue weighted by Crippen LogP contribution is 2.26. The standard InChI is InChI=1S/C19H29N3O/c23-19(13-16-7-3-1-4-8-16)21-15-17-9-10-18(20-14-17)22-11-5-2-6-12-22/h9-10,14,16H,1-8,11-13,15H2,(H,21,23). The maximum Gasteiger partial charge on any atom is 0.220 e. The van der Waals surface area contributed by atoms with Crippen molar-refractivity contribution < 1.29 is 4.79 Å². The van der Waals surface area contributed by atoms with Crippen molar-refractivity contribution in [3.8, 4) is 0 Å². The van der Waals surface area contributed by atoms with Gasteiger partial charge in [0.1, 0.15) is 5.82 Å². The predicted molar refractivity (Wildman–Crippen MR) is 93.3 cm³/mol. The lowest BCUT2D eigenvalue weighted by molar-refractivity contribution is -0.122. The Morgan fingerprint density at radius 3 is 2.52 bits per heavy atom. The molecule has 126 valence electrons. The average molecular weight is 315 g/mol. The highest BCUT2D eigenvalue weighted by Gasteiger charge is 2.17. The zero-order valence-electron chi connectivity index (χ0n) is 14.1. The number of hydrogen-bond donors (Lipinski definition) is 1. The molecule has 0 bridgehead atoms. The molecule has 2 aliphatic rings. The van der Waals surface area contributed by atoms with Gasteiger partial charge in [-0.15, -0.1) is 0 Å². The lowest BCUT2D eigenvalue weighted by Gasteiger charge is -2.27. The summed E-state index contributed by atoms with van der Waals surface area (Å²) in [6.45, 7) is 2.83. The van der Waals surface area contributed by atoms with E-state index < -0.39 is 0 Å². The Hall–Kier alpha value is -1.58. The highest BCUT2D eigenvalue weighted by atomic mass is 16.1. The van der Waals surface area contributed by atoms with Crippen LogP contribution >= 0.6 is 0 Å². The molecule has 0 unspecified atom stereocenters. The number of carbonyl (C=O) groups excluding carboxylic acids is 1. The Balaban J connectivity index is 1.43. The summed E-state index contributed by atoms with van der Waals surface area (Å²) in [7, 11) is 0. The second kappa shape index (κ2) is 8.32. The molecule has 1 aromatic heterocycles. The Morgan fingerprint density at radius 1 is 1.09 bits per heavy atom. The minimum absolute atomic E-state index is 0.192. The van der Waals surface area contributed by atoms with Crippen molar-refractivity contribution in [1.82, 2.24) is 10.3 Å². The summed E-state index contributed by atoms with van der Waals surface area (Å²) in [5.41, 5.74) is 1.09. The van der Waals surface area contributed by atoms with E-state index in [1.54, 1.807) is 0 Å². The van der Waals surface area contributed by atoms with Gasteiger partial charge in [0.15, 0.2) is 0 Å². The summed E-state index contributed by atoms with van der Waals surface area (Å²) in [5.74, 6) is 1.86. The van der Waals surface area contributed by atoms with Crippen LogP contribution in [0.1, 0.15) is 63.4 Å². The van der Waals surface area contributed by atoms with Gasteiger partial charge in [-0.25, -0.2) is 4.98 Å². The molecule has 1 saturated heterocycles. The zero-order valence-corrected chi connectivity index (χ0v) is 14.1. The molecular formula is C19H29N3O. The van der Waals surface area contributed by atoms with Crippen LogP contribution in [0.2, 0.25) is 0 Å². The Labute approximate surface area is 139 Å². The molecule has 4 nitrogen and oxygen atoms in total. The maximum atomic E-state index is 12.1. The van der Waals surface area contributed by atoms with Crippen LogP contribution in [0.4, 0.5) is 5.82 Å². The summed E-state index contributed by atoms with van der Waals surface area (Å²) in [6, 6.07) is 4.19. The summed E-state index contributed by atoms with van der Waals surface area (Å²) in [5, 5.41) is 3.05. The molecule has 4 heteroatoms. The van der Waals surface area contributed by atoms with Gasteiger partial charge in [-0.3, -0.25) is 4.79 Å². The van der Waals surface area contributed by atoms with Gasteiger partial charge < -0.3 is 10.2 Å². The first-order valence-electron chi connectivity index (χ1n) is 9.28. The van der Waals surface area contributed by atoms with Crippen LogP contribution < -0.4 is 10.2 Å². The Morgan fingerprint density at radius 2 is 1.83 bits per heavy atom.